The SMILES string of the molecule is C[C@H]1CC[C@H](CN2CCS(=O)(=O)CC2)CC1. The quantitative estimate of drug-likeness (QED) is 0.740. The smallest absolute Gasteiger partial charge is 0.152 e. The highest BCUT2D eigenvalue weighted by Gasteiger charge is 2.25. The molecule has 2 aliphatic rings. The van der Waals surface area contributed by atoms with Crippen molar-refractivity contribution in [2.75, 3.05) is 31.1 Å². The molecule has 16 heavy (non-hydrogen) atoms. The third-order valence-electron chi connectivity index (χ3n) is 4.09. The van der Waals surface area contributed by atoms with Crippen LogP contribution in [0.1, 0.15) is 32.6 Å². The van der Waals surface area contributed by atoms with Crippen molar-refractivity contribution in [1.82, 2.24) is 4.90 Å². The van der Waals surface area contributed by atoms with Gasteiger partial charge in [0.2, 0.25) is 0 Å². The number of hydrogen-bond donors (Lipinski definition) is 0. The van der Waals surface area contributed by atoms with Gasteiger partial charge >= 0.3 is 0 Å². The van der Waals surface area contributed by atoms with Crippen molar-refractivity contribution in [2.24, 2.45) is 11.8 Å². The summed E-state index contributed by atoms with van der Waals surface area (Å²) in [5, 5.41) is 0. The van der Waals surface area contributed by atoms with Crippen molar-refractivity contribution in [3.8, 4) is 0 Å². The highest BCUT2D eigenvalue weighted by atomic mass is 32.2. The molecule has 94 valence electrons. The van der Waals surface area contributed by atoms with Crippen LogP contribution in [0, 0.1) is 11.8 Å². The Labute approximate surface area is 99.1 Å². The van der Waals surface area contributed by atoms with Crippen molar-refractivity contribution in [2.45, 2.75) is 32.6 Å². The second-order valence-corrected chi connectivity index (χ2v) is 7.88. The van der Waals surface area contributed by atoms with Gasteiger partial charge in [-0.05, 0) is 24.7 Å². The second-order valence-electron chi connectivity index (χ2n) is 5.58. The molecule has 0 amide bonds. The predicted molar refractivity (Wildman–Crippen MR) is 66.2 cm³/mol. The number of sulfone groups is 1. The van der Waals surface area contributed by atoms with Crippen LogP contribution in [0.25, 0.3) is 0 Å². The van der Waals surface area contributed by atoms with Gasteiger partial charge in [0.1, 0.15) is 0 Å². The van der Waals surface area contributed by atoms with Gasteiger partial charge in [-0.25, -0.2) is 8.42 Å². The van der Waals surface area contributed by atoms with Crippen molar-refractivity contribution >= 4 is 9.84 Å². The molecule has 4 heteroatoms. The van der Waals surface area contributed by atoms with Crippen molar-refractivity contribution in [3.63, 3.8) is 0 Å². The number of nitrogens with zero attached hydrogens (tertiary/aromatic N) is 1. The van der Waals surface area contributed by atoms with Gasteiger partial charge in [0.25, 0.3) is 0 Å². The fourth-order valence-electron chi connectivity index (χ4n) is 2.81. The average molecular weight is 245 g/mol. The molecule has 2 rings (SSSR count). The van der Waals surface area contributed by atoms with Crippen molar-refractivity contribution in [1.29, 1.82) is 0 Å². The van der Waals surface area contributed by atoms with Crippen molar-refractivity contribution in [3.05, 3.63) is 0 Å². The maximum Gasteiger partial charge on any atom is 0.152 e. The molecular weight excluding hydrogens is 222 g/mol. The van der Waals surface area contributed by atoms with Crippen LogP contribution in [0.4, 0.5) is 0 Å². The molecule has 0 radical (unpaired) electrons. The highest BCUT2D eigenvalue weighted by Crippen LogP contribution is 2.29. The monoisotopic (exact) mass is 245 g/mol. The first-order chi connectivity index (χ1) is 7.55. The summed E-state index contributed by atoms with van der Waals surface area (Å²) in [6.45, 7) is 4.98. The van der Waals surface area contributed by atoms with Crippen LogP contribution in [0.2, 0.25) is 0 Å². The Morgan fingerprint density at radius 1 is 1.06 bits per heavy atom. The standard InChI is InChI=1S/C12H23NO2S/c1-11-2-4-12(5-3-11)10-13-6-8-16(14,15)9-7-13/h11-12H,2-10H2,1H3/t11-,12-. The Morgan fingerprint density at radius 3 is 2.19 bits per heavy atom. The van der Waals surface area contributed by atoms with E-state index in [1.165, 1.54) is 25.7 Å². The van der Waals surface area contributed by atoms with E-state index in [1.807, 2.05) is 0 Å². The molecule has 0 aromatic heterocycles. The molecule has 1 aliphatic heterocycles. The number of hydrogen-bond acceptors (Lipinski definition) is 3. The largest absolute Gasteiger partial charge is 0.301 e. The van der Waals surface area contributed by atoms with Gasteiger partial charge in [0.05, 0.1) is 11.5 Å². The minimum Gasteiger partial charge on any atom is -0.301 e. The topological polar surface area (TPSA) is 37.4 Å². The lowest BCUT2D eigenvalue weighted by Gasteiger charge is -2.33. The summed E-state index contributed by atoms with van der Waals surface area (Å²) in [6.07, 6.45) is 5.39. The molecule has 1 aliphatic carbocycles. The lowest BCUT2D eigenvalue weighted by Crippen LogP contribution is -2.42. The van der Waals surface area contributed by atoms with Crippen LogP contribution in [-0.2, 0) is 9.84 Å². The molecule has 0 spiro atoms. The van der Waals surface area contributed by atoms with Crippen LogP contribution in [0.15, 0.2) is 0 Å². The van der Waals surface area contributed by atoms with E-state index in [0.717, 1.165) is 31.5 Å². The summed E-state index contributed by atoms with van der Waals surface area (Å²) < 4.78 is 22.6. The van der Waals surface area contributed by atoms with Crippen molar-refractivity contribution < 1.29 is 8.42 Å². The van der Waals surface area contributed by atoms with Crippen LogP contribution in [-0.4, -0.2) is 44.5 Å². The summed E-state index contributed by atoms with van der Waals surface area (Å²) in [7, 11) is -2.71. The van der Waals surface area contributed by atoms with Gasteiger partial charge in [-0.1, -0.05) is 19.8 Å². The van der Waals surface area contributed by atoms with E-state index in [9.17, 15) is 8.42 Å². The third-order valence-corrected chi connectivity index (χ3v) is 5.70. The van der Waals surface area contributed by atoms with Gasteiger partial charge in [-0.2, -0.15) is 0 Å². The summed E-state index contributed by atoms with van der Waals surface area (Å²) in [5.41, 5.74) is 0. The Bertz CT molecular complexity index is 304. The molecule has 0 bridgehead atoms. The molecule has 0 N–H and O–H groups in total. The van der Waals surface area contributed by atoms with Gasteiger partial charge in [0.15, 0.2) is 9.84 Å². The summed E-state index contributed by atoms with van der Waals surface area (Å²) in [5.74, 6) is 2.46. The van der Waals surface area contributed by atoms with Crippen LogP contribution >= 0.6 is 0 Å². The first-order valence-corrected chi connectivity index (χ1v) is 8.30. The lowest BCUT2D eigenvalue weighted by molar-refractivity contribution is 0.194. The molecule has 0 aromatic carbocycles. The zero-order valence-corrected chi connectivity index (χ0v) is 11.0. The molecule has 0 atom stereocenters. The van der Waals surface area contributed by atoms with Gasteiger partial charge in [0, 0.05) is 19.6 Å². The maximum absolute atomic E-state index is 11.3. The van der Waals surface area contributed by atoms with E-state index in [1.54, 1.807) is 0 Å². The third kappa shape index (κ3) is 3.45. The number of rotatable bonds is 2. The Kier molecular flexibility index (Phi) is 3.90. The first kappa shape index (κ1) is 12.4. The fraction of sp³-hybridized carbons (Fsp3) is 1.00. The zero-order valence-electron chi connectivity index (χ0n) is 10.2. The van der Waals surface area contributed by atoms with Gasteiger partial charge in [-0.15, -0.1) is 0 Å². The maximum atomic E-state index is 11.3. The van der Waals surface area contributed by atoms with E-state index in [-0.39, 0.29) is 0 Å². The zero-order chi connectivity index (χ0) is 11.6. The normalized spacial score (nSPS) is 36.1. The minimum atomic E-state index is -2.71. The molecule has 0 aromatic rings. The molecule has 1 heterocycles. The average Bonchev–Trinajstić information content (AvgIpc) is 2.24. The minimum absolute atomic E-state index is 0.371. The molecule has 1 saturated carbocycles. The Hall–Kier alpha value is -0.0900. The molecule has 0 unspecified atom stereocenters. The summed E-state index contributed by atoms with van der Waals surface area (Å²) in [4.78, 5) is 2.35. The molecule has 2 fully saturated rings. The Morgan fingerprint density at radius 2 is 1.62 bits per heavy atom. The van der Waals surface area contributed by atoms with E-state index >= 15 is 0 Å². The molecule has 3 nitrogen and oxygen atoms in total. The fourth-order valence-corrected chi connectivity index (χ4v) is 4.09. The Balaban J connectivity index is 1.75. The molecule has 1 saturated heterocycles. The van der Waals surface area contributed by atoms with E-state index in [4.69, 9.17) is 0 Å². The van der Waals surface area contributed by atoms with Crippen LogP contribution in [0.5, 0.6) is 0 Å². The van der Waals surface area contributed by atoms with Gasteiger partial charge in [-0.3, -0.25) is 0 Å². The second kappa shape index (κ2) is 5.05. The van der Waals surface area contributed by atoms with E-state index < -0.39 is 9.84 Å². The highest BCUT2D eigenvalue weighted by molar-refractivity contribution is 7.91. The summed E-state index contributed by atoms with van der Waals surface area (Å²) >= 11 is 0. The lowest BCUT2D eigenvalue weighted by atomic mass is 9.83. The predicted octanol–water partition coefficient (Wildman–Crippen LogP) is 1.54. The van der Waals surface area contributed by atoms with E-state index in [0.29, 0.717) is 11.5 Å². The van der Waals surface area contributed by atoms with E-state index in [2.05, 4.69) is 11.8 Å². The first-order valence-electron chi connectivity index (χ1n) is 6.48. The van der Waals surface area contributed by atoms with Crippen LogP contribution < -0.4 is 0 Å². The summed E-state index contributed by atoms with van der Waals surface area (Å²) in [6, 6.07) is 0. The van der Waals surface area contributed by atoms with Gasteiger partial charge < -0.3 is 4.90 Å². The molecular formula is C12H23NO2S. The van der Waals surface area contributed by atoms with Crippen LogP contribution in [0.3, 0.4) is 0 Å².